The molecule has 1 heterocycles. The number of ether oxygens (including phenoxy) is 1. The first-order valence-electron chi connectivity index (χ1n) is 9.21. The van der Waals surface area contributed by atoms with Crippen molar-refractivity contribution in [2.45, 2.75) is 57.7 Å². The summed E-state index contributed by atoms with van der Waals surface area (Å²) in [5.41, 5.74) is -0.796. The van der Waals surface area contributed by atoms with E-state index in [0.717, 1.165) is 56.1 Å². The van der Waals surface area contributed by atoms with Crippen molar-refractivity contribution in [3.8, 4) is 0 Å². The quantitative estimate of drug-likeness (QED) is 0.626. The normalized spacial score (nSPS) is 28.0. The van der Waals surface area contributed by atoms with Crippen LogP contribution >= 0.6 is 0 Å². The molecule has 140 valence electrons. The Morgan fingerprint density at radius 2 is 1.96 bits per heavy atom. The first-order valence-corrected chi connectivity index (χ1v) is 9.21. The minimum atomic E-state index is -1.50. The molecule has 1 unspecified atom stereocenters. The smallest absolute Gasteiger partial charge is 0.343 e. The fraction of sp³-hybridized carbons (Fsp3) is 0.667. The number of nitrogens with zero attached hydrogens (tertiary/aromatic N) is 1. The van der Waals surface area contributed by atoms with E-state index in [4.69, 9.17) is 4.74 Å². The molecule has 0 amide bonds. The van der Waals surface area contributed by atoms with Crippen LogP contribution < -0.4 is 0 Å². The first-order chi connectivity index (χ1) is 11.4. The third-order valence-corrected chi connectivity index (χ3v) is 5.72. The molecule has 3 aliphatic rings. The van der Waals surface area contributed by atoms with Crippen LogP contribution in [0, 0.1) is 5.92 Å². The van der Waals surface area contributed by atoms with Crippen molar-refractivity contribution in [1.29, 1.82) is 0 Å². The van der Waals surface area contributed by atoms with Gasteiger partial charge in [-0.1, -0.05) is 50.6 Å². The summed E-state index contributed by atoms with van der Waals surface area (Å²) < 4.78 is 6.69. The minimum absolute atomic E-state index is 0. The predicted molar refractivity (Wildman–Crippen MR) is 101 cm³/mol. The van der Waals surface area contributed by atoms with Crippen LogP contribution in [0.2, 0.25) is 0 Å². The Morgan fingerprint density at radius 3 is 2.60 bits per heavy atom. The number of carbonyl (C=O) groups is 1. The molecule has 4 nitrogen and oxygen atoms in total. The van der Waals surface area contributed by atoms with E-state index in [1.807, 2.05) is 30.4 Å². The zero-order valence-corrected chi connectivity index (χ0v) is 14.9. The van der Waals surface area contributed by atoms with Crippen LogP contribution in [-0.2, 0) is 9.53 Å². The summed E-state index contributed by atoms with van der Waals surface area (Å²) in [5.74, 6) is -0.484. The highest BCUT2D eigenvalue weighted by atomic mass is 16.6. The second kappa shape index (κ2) is 7.88. The SMILES string of the molecule is C.C[N+]1(C)CCC(OC(=O)[C@](O)(C2=CCC=CC=C2)C2CCCC2)C1. The maximum Gasteiger partial charge on any atom is 0.343 e. The Kier molecular flexibility index (Phi) is 6.28. The Bertz CT molecular complexity index is 570. The van der Waals surface area contributed by atoms with Gasteiger partial charge in [-0.05, 0) is 24.8 Å². The molecular weight excluding hydrogens is 314 g/mol. The van der Waals surface area contributed by atoms with Gasteiger partial charge in [0.05, 0.1) is 20.6 Å². The lowest BCUT2D eigenvalue weighted by Gasteiger charge is -2.34. The van der Waals surface area contributed by atoms with Crippen LogP contribution in [0.15, 0.2) is 36.0 Å². The summed E-state index contributed by atoms with van der Waals surface area (Å²) >= 11 is 0. The number of rotatable bonds is 4. The fourth-order valence-corrected chi connectivity index (χ4v) is 4.29. The van der Waals surface area contributed by atoms with Crippen LogP contribution in [0.3, 0.4) is 0 Å². The number of quaternary nitrogens is 1. The summed E-state index contributed by atoms with van der Waals surface area (Å²) in [6, 6.07) is 0. The lowest BCUT2D eigenvalue weighted by Crippen LogP contribution is -2.49. The first kappa shape index (κ1) is 19.9. The van der Waals surface area contributed by atoms with E-state index in [9.17, 15) is 9.90 Å². The van der Waals surface area contributed by atoms with Gasteiger partial charge in [-0.3, -0.25) is 0 Å². The lowest BCUT2D eigenvalue weighted by atomic mass is 9.79. The molecule has 1 N–H and O–H groups in total. The summed E-state index contributed by atoms with van der Waals surface area (Å²) in [7, 11) is 4.30. The fourth-order valence-electron chi connectivity index (χ4n) is 4.29. The van der Waals surface area contributed by atoms with E-state index >= 15 is 0 Å². The van der Waals surface area contributed by atoms with Gasteiger partial charge in [0, 0.05) is 12.3 Å². The molecule has 1 saturated carbocycles. The molecule has 4 heteroatoms. The average molecular weight is 349 g/mol. The zero-order valence-electron chi connectivity index (χ0n) is 14.9. The maximum atomic E-state index is 13.1. The standard InChI is InChI=1S/C20H30NO3.CH4/c1-21(2)14-13-18(15-21)24-19(22)20(23,17-11-7-8-12-17)16-9-5-3-4-6-10-16;/h3-5,9-10,17-18,23H,6-8,11-15H2,1-2H3;1H4/q+1;/t18?,20-;/m0./s1. The van der Waals surface area contributed by atoms with Gasteiger partial charge < -0.3 is 14.3 Å². The van der Waals surface area contributed by atoms with Crippen molar-refractivity contribution in [2.24, 2.45) is 5.92 Å². The summed E-state index contributed by atoms with van der Waals surface area (Å²) in [6.07, 6.45) is 15.2. The highest BCUT2D eigenvalue weighted by Gasteiger charge is 2.50. The molecule has 0 aromatic rings. The number of esters is 1. The van der Waals surface area contributed by atoms with E-state index in [1.54, 1.807) is 0 Å². The topological polar surface area (TPSA) is 46.5 Å². The second-order valence-electron chi connectivity index (χ2n) is 8.09. The third kappa shape index (κ3) is 4.24. The highest BCUT2D eigenvalue weighted by Crippen LogP contribution is 2.40. The molecule has 2 atom stereocenters. The van der Waals surface area contributed by atoms with Crippen molar-refractivity contribution in [2.75, 3.05) is 27.2 Å². The van der Waals surface area contributed by atoms with Crippen LogP contribution in [0.5, 0.6) is 0 Å². The summed E-state index contributed by atoms with van der Waals surface area (Å²) in [6.45, 7) is 1.83. The van der Waals surface area contributed by atoms with Crippen molar-refractivity contribution in [1.82, 2.24) is 0 Å². The van der Waals surface area contributed by atoms with Crippen molar-refractivity contribution in [3.05, 3.63) is 36.0 Å². The van der Waals surface area contributed by atoms with Crippen LogP contribution in [0.1, 0.15) is 46.0 Å². The van der Waals surface area contributed by atoms with Gasteiger partial charge >= 0.3 is 5.97 Å². The Morgan fingerprint density at radius 1 is 1.24 bits per heavy atom. The molecule has 1 aliphatic heterocycles. The highest BCUT2D eigenvalue weighted by molar-refractivity contribution is 5.85. The minimum Gasteiger partial charge on any atom is -0.454 e. The van der Waals surface area contributed by atoms with Crippen molar-refractivity contribution < 1.29 is 19.1 Å². The molecule has 3 rings (SSSR count). The van der Waals surface area contributed by atoms with Crippen LogP contribution in [0.25, 0.3) is 0 Å². The Hall–Kier alpha value is -1.39. The number of likely N-dealkylation sites (tertiary alicyclic amines) is 1. The molecule has 25 heavy (non-hydrogen) atoms. The molecule has 0 bridgehead atoms. The molecule has 0 aromatic carbocycles. The Balaban J connectivity index is 0.00000225. The number of likely N-dealkylation sites (N-methyl/N-ethyl adjacent to an activating group) is 1. The third-order valence-electron chi connectivity index (χ3n) is 5.72. The molecule has 0 aromatic heterocycles. The number of aliphatic hydroxyl groups is 1. The van der Waals surface area contributed by atoms with E-state index in [-0.39, 0.29) is 19.4 Å². The van der Waals surface area contributed by atoms with Gasteiger partial charge in [-0.15, -0.1) is 0 Å². The Labute approximate surface area is 152 Å². The molecule has 0 radical (unpaired) electrons. The van der Waals surface area contributed by atoms with Gasteiger partial charge in [0.2, 0.25) is 0 Å². The van der Waals surface area contributed by atoms with Gasteiger partial charge in [-0.2, -0.15) is 0 Å². The summed E-state index contributed by atoms with van der Waals surface area (Å²) in [5, 5.41) is 11.5. The molecule has 2 aliphatic carbocycles. The van der Waals surface area contributed by atoms with Crippen LogP contribution in [-0.4, -0.2) is 54.4 Å². The summed E-state index contributed by atoms with van der Waals surface area (Å²) in [4.78, 5) is 13.1. The van der Waals surface area contributed by atoms with Crippen molar-refractivity contribution >= 4 is 5.97 Å². The number of hydrogen-bond acceptors (Lipinski definition) is 3. The predicted octanol–water partition coefficient (Wildman–Crippen LogP) is 3.38. The van der Waals surface area contributed by atoms with E-state index in [1.165, 1.54) is 0 Å². The van der Waals surface area contributed by atoms with Gasteiger partial charge in [0.25, 0.3) is 0 Å². The second-order valence-corrected chi connectivity index (χ2v) is 8.09. The lowest BCUT2D eigenvalue weighted by molar-refractivity contribution is -0.879. The van der Waals surface area contributed by atoms with Gasteiger partial charge in [0.1, 0.15) is 6.54 Å². The maximum absolute atomic E-state index is 13.1. The van der Waals surface area contributed by atoms with Gasteiger partial charge in [0.15, 0.2) is 11.7 Å². The molecular formula is C21H34NO3+. The van der Waals surface area contributed by atoms with E-state index in [2.05, 4.69) is 14.1 Å². The number of hydrogen-bond donors (Lipinski definition) is 1. The molecule has 0 spiro atoms. The van der Waals surface area contributed by atoms with E-state index < -0.39 is 11.6 Å². The number of allylic oxidation sites excluding steroid dienone is 4. The van der Waals surface area contributed by atoms with Crippen molar-refractivity contribution in [3.63, 3.8) is 0 Å². The largest absolute Gasteiger partial charge is 0.454 e. The number of carbonyl (C=O) groups excluding carboxylic acids is 1. The van der Waals surface area contributed by atoms with Crippen LogP contribution in [0.4, 0.5) is 0 Å². The molecule has 1 saturated heterocycles. The molecule has 2 fully saturated rings. The zero-order chi connectivity index (χ0) is 17.2. The van der Waals surface area contributed by atoms with E-state index in [0.29, 0.717) is 5.57 Å². The monoisotopic (exact) mass is 348 g/mol. The van der Waals surface area contributed by atoms with Gasteiger partial charge in [-0.25, -0.2) is 4.79 Å². The average Bonchev–Trinajstić information content (AvgIpc) is 3.09.